The van der Waals surface area contributed by atoms with E-state index in [-0.39, 0.29) is 24.0 Å². The molecule has 1 aromatic carbocycles. The van der Waals surface area contributed by atoms with Crippen molar-refractivity contribution in [3.05, 3.63) is 29.8 Å². The highest BCUT2D eigenvalue weighted by Gasteiger charge is 2.24. The van der Waals surface area contributed by atoms with Crippen LogP contribution in [0.1, 0.15) is 17.3 Å². The Kier molecular flexibility index (Phi) is 4.09. The van der Waals surface area contributed by atoms with Crippen molar-refractivity contribution in [1.29, 1.82) is 0 Å². The third-order valence-corrected chi connectivity index (χ3v) is 4.82. The van der Waals surface area contributed by atoms with E-state index < -0.39 is 9.84 Å². The summed E-state index contributed by atoms with van der Waals surface area (Å²) in [5.74, 6) is 0.493. The molecule has 0 radical (unpaired) electrons. The summed E-state index contributed by atoms with van der Waals surface area (Å²) in [5, 5.41) is 0. The predicted molar refractivity (Wildman–Crippen MR) is 72.2 cm³/mol. The van der Waals surface area contributed by atoms with Crippen LogP contribution in [0.5, 0.6) is 5.75 Å². The molecule has 0 aromatic heterocycles. The number of hydrogen-bond acceptors (Lipinski definition) is 4. The van der Waals surface area contributed by atoms with Gasteiger partial charge in [-0.15, -0.1) is 0 Å². The van der Waals surface area contributed by atoms with Gasteiger partial charge in [0.05, 0.1) is 17.9 Å². The van der Waals surface area contributed by atoms with E-state index in [1.807, 2.05) is 6.07 Å². The average Bonchev–Trinajstić information content (AvgIpc) is 2.57. The summed E-state index contributed by atoms with van der Waals surface area (Å²) in [5.41, 5.74) is 0.494. The molecule has 0 unspecified atom stereocenters. The van der Waals surface area contributed by atoms with Crippen LogP contribution in [-0.2, 0) is 9.84 Å². The van der Waals surface area contributed by atoms with Crippen LogP contribution in [0.4, 0.5) is 0 Å². The summed E-state index contributed by atoms with van der Waals surface area (Å²) >= 11 is 0. The number of carbonyl (C=O) groups excluding carboxylic acids is 1. The molecule has 0 saturated heterocycles. The highest BCUT2D eigenvalue weighted by molar-refractivity contribution is 7.91. The maximum absolute atomic E-state index is 12.3. The summed E-state index contributed by atoms with van der Waals surface area (Å²) < 4.78 is 28.5. The molecule has 1 aliphatic rings. The van der Waals surface area contributed by atoms with E-state index in [0.717, 1.165) is 0 Å². The van der Waals surface area contributed by atoms with Gasteiger partial charge in [0.1, 0.15) is 12.4 Å². The van der Waals surface area contributed by atoms with Crippen molar-refractivity contribution in [2.45, 2.75) is 6.92 Å². The van der Waals surface area contributed by atoms with Gasteiger partial charge in [0.25, 0.3) is 5.91 Å². The molecule has 1 amide bonds. The minimum atomic E-state index is -3.07. The van der Waals surface area contributed by atoms with Gasteiger partial charge in [0, 0.05) is 12.3 Å². The van der Waals surface area contributed by atoms with Crippen LogP contribution in [0, 0.1) is 0 Å². The zero-order chi connectivity index (χ0) is 13.9. The maximum atomic E-state index is 12.3. The predicted octanol–water partition coefficient (Wildman–Crippen LogP) is 0.956. The first-order valence-corrected chi connectivity index (χ1v) is 8.07. The molecule has 19 heavy (non-hydrogen) atoms. The molecule has 1 aliphatic heterocycles. The van der Waals surface area contributed by atoms with Gasteiger partial charge in [-0.3, -0.25) is 4.79 Å². The molecule has 0 aliphatic carbocycles. The Morgan fingerprint density at radius 2 is 2.05 bits per heavy atom. The van der Waals surface area contributed by atoms with Crippen LogP contribution in [-0.4, -0.2) is 50.4 Å². The molecule has 2 rings (SSSR count). The van der Waals surface area contributed by atoms with Gasteiger partial charge in [-0.05, 0) is 12.1 Å². The second kappa shape index (κ2) is 5.61. The van der Waals surface area contributed by atoms with E-state index in [1.165, 1.54) is 0 Å². The van der Waals surface area contributed by atoms with E-state index in [4.69, 9.17) is 4.74 Å². The van der Waals surface area contributed by atoms with Crippen molar-refractivity contribution in [3.63, 3.8) is 0 Å². The molecule has 1 aromatic rings. The molecule has 0 atom stereocenters. The minimum absolute atomic E-state index is 0.00257. The van der Waals surface area contributed by atoms with Gasteiger partial charge >= 0.3 is 0 Å². The first-order chi connectivity index (χ1) is 9.03. The lowest BCUT2D eigenvalue weighted by molar-refractivity contribution is 0.0766. The third-order valence-electron chi connectivity index (χ3n) is 3.14. The van der Waals surface area contributed by atoms with Crippen molar-refractivity contribution in [3.8, 4) is 5.75 Å². The van der Waals surface area contributed by atoms with Gasteiger partial charge in [-0.25, -0.2) is 8.42 Å². The van der Waals surface area contributed by atoms with E-state index in [2.05, 4.69) is 0 Å². The van der Waals surface area contributed by atoms with Crippen LogP contribution in [0.3, 0.4) is 0 Å². The zero-order valence-electron chi connectivity index (χ0n) is 10.8. The molecule has 5 nitrogen and oxygen atoms in total. The highest BCUT2D eigenvalue weighted by atomic mass is 32.2. The highest BCUT2D eigenvalue weighted by Crippen LogP contribution is 2.22. The Morgan fingerprint density at radius 3 is 2.79 bits per heavy atom. The molecule has 104 valence electrons. The van der Waals surface area contributed by atoms with Crippen LogP contribution >= 0.6 is 0 Å². The standard InChI is InChI=1S/C13H17NO4S/c1-2-19(16,17)10-8-14-7-9-18-12-6-4-3-5-11(12)13(14)15/h3-6H,2,7-10H2,1H3. The summed E-state index contributed by atoms with van der Waals surface area (Å²) in [4.78, 5) is 13.8. The summed E-state index contributed by atoms with van der Waals surface area (Å²) in [7, 11) is -3.07. The number of carbonyl (C=O) groups is 1. The Bertz CT molecular complexity index is 568. The van der Waals surface area contributed by atoms with Crippen molar-refractivity contribution in [1.82, 2.24) is 4.90 Å². The number of ether oxygens (including phenoxy) is 1. The van der Waals surface area contributed by atoms with Gasteiger partial charge < -0.3 is 9.64 Å². The van der Waals surface area contributed by atoms with E-state index >= 15 is 0 Å². The normalized spacial score (nSPS) is 15.6. The summed E-state index contributed by atoms with van der Waals surface area (Å²) in [6.45, 7) is 2.62. The Labute approximate surface area is 113 Å². The van der Waals surface area contributed by atoms with Crippen LogP contribution in [0.25, 0.3) is 0 Å². The maximum Gasteiger partial charge on any atom is 0.257 e. The van der Waals surface area contributed by atoms with Gasteiger partial charge in [0.2, 0.25) is 0 Å². The molecule has 0 fully saturated rings. The van der Waals surface area contributed by atoms with Crippen molar-refractivity contribution in [2.75, 3.05) is 31.2 Å². The van der Waals surface area contributed by atoms with Gasteiger partial charge in [0.15, 0.2) is 9.84 Å². The second-order valence-corrected chi connectivity index (χ2v) is 6.85. The lowest BCUT2D eigenvalue weighted by atomic mass is 10.2. The Morgan fingerprint density at radius 1 is 1.32 bits per heavy atom. The van der Waals surface area contributed by atoms with Crippen LogP contribution in [0.2, 0.25) is 0 Å². The number of rotatable bonds is 4. The number of amides is 1. The van der Waals surface area contributed by atoms with Gasteiger partial charge in [-0.1, -0.05) is 19.1 Å². The number of para-hydroxylation sites is 1. The van der Waals surface area contributed by atoms with Crippen LogP contribution in [0.15, 0.2) is 24.3 Å². The molecule has 1 heterocycles. The Balaban J connectivity index is 2.14. The molecule has 6 heteroatoms. The largest absolute Gasteiger partial charge is 0.491 e. The second-order valence-electron chi connectivity index (χ2n) is 4.37. The smallest absolute Gasteiger partial charge is 0.257 e. The average molecular weight is 283 g/mol. The number of benzene rings is 1. The van der Waals surface area contributed by atoms with Crippen molar-refractivity contribution < 1.29 is 17.9 Å². The van der Waals surface area contributed by atoms with Crippen molar-refractivity contribution >= 4 is 15.7 Å². The molecule has 0 spiro atoms. The topological polar surface area (TPSA) is 63.7 Å². The SMILES string of the molecule is CCS(=O)(=O)CCN1CCOc2ccccc2C1=O. The number of hydrogen-bond donors (Lipinski definition) is 0. The van der Waals surface area contributed by atoms with Crippen LogP contribution < -0.4 is 4.74 Å². The number of sulfone groups is 1. The third kappa shape index (κ3) is 3.26. The fourth-order valence-corrected chi connectivity index (χ4v) is 2.70. The fraction of sp³-hybridized carbons (Fsp3) is 0.462. The summed E-state index contributed by atoms with van der Waals surface area (Å²) in [6, 6.07) is 7.03. The number of fused-ring (bicyclic) bond motifs is 1. The first kappa shape index (κ1) is 13.9. The van der Waals surface area contributed by atoms with E-state index in [0.29, 0.717) is 24.5 Å². The molecule has 0 N–H and O–H groups in total. The number of nitrogens with zero attached hydrogens (tertiary/aromatic N) is 1. The molecule has 0 bridgehead atoms. The van der Waals surface area contributed by atoms with Crippen molar-refractivity contribution in [2.24, 2.45) is 0 Å². The van der Waals surface area contributed by atoms with E-state index in [1.54, 1.807) is 30.0 Å². The monoisotopic (exact) mass is 283 g/mol. The first-order valence-electron chi connectivity index (χ1n) is 6.25. The lowest BCUT2D eigenvalue weighted by Gasteiger charge is -2.19. The zero-order valence-corrected chi connectivity index (χ0v) is 11.6. The van der Waals surface area contributed by atoms with Gasteiger partial charge in [-0.2, -0.15) is 0 Å². The lowest BCUT2D eigenvalue weighted by Crippen LogP contribution is -2.36. The fourth-order valence-electron chi connectivity index (χ4n) is 1.91. The molecular formula is C13H17NO4S. The molecule has 0 saturated carbocycles. The van der Waals surface area contributed by atoms with E-state index in [9.17, 15) is 13.2 Å². The minimum Gasteiger partial charge on any atom is -0.491 e. The summed E-state index contributed by atoms with van der Waals surface area (Å²) in [6.07, 6.45) is 0. The Hall–Kier alpha value is -1.56. The quantitative estimate of drug-likeness (QED) is 0.825. The molecular weight excluding hydrogens is 266 g/mol.